The molecule has 1 saturated carbocycles. The quantitative estimate of drug-likeness (QED) is 0.835. The maximum absolute atomic E-state index is 13.5. The zero-order chi connectivity index (χ0) is 14.5. The van der Waals surface area contributed by atoms with Gasteiger partial charge in [0, 0.05) is 22.5 Å². The van der Waals surface area contributed by atoms with Crippen molar-refractivity contribution in [3.05, 3.63) is 35.6 Å². The number of hydrogen-bond acceptors (Lipinski definition) is 2. The van der Waals surface area contributed by atoms with Gasteiger partial charge in [-0.25, -0.2) is 4.39 Å². The molecular weight excluding hydrogens is 275 g/mol. The highest BCUT2D eigenvalue weighted by atomic mass is 32.2. The monoisotopic (exact) mass is 296 g/mol. The van der Waals surface area contributed by atoms with Gasteiger partial charge in [-0.05, 0) is 30.4 Å². The minimum absolute atomic E-state index is 0.0423. The van der Waals surface area contributed by atoms with Crippen molar-refractivity contribution in [2.75, 3.05) is 5.75 Å². The Morgan fingerprint density at radius 1 is 1.35 bits per heavy atom. The molecule has 3 unspecified atom stereocenters. The second-order valence-electron chi connectivity index (χ2n) is 5.73. The summed E-state index contributed by atoms with van der Waals surface area (Å²) in [6.45, 7) is 2.17. The number of Topliss-reactive ketones (excluding diaryl/α,β-unsaturated/α-hetero) is 1. The average Bonchev–Trinajstić information content (AvgIpc) is 2.41. The molecule has 1 aromatic rings. The second-order valence-corrected chi connectivity index (χ2v) is 7.44. The number of carbonyl (C=O) groups is 1. The number of rotatable bonds is 5. The second kappa shape index (κ2) is 7.11. The normalized spacial score (nSPS) is 24.3. The van der Waals surface area contributed by atoms with Gasteiger partial charge in [0.15, 0.2) is 0 Å². The number of halogens is 1. The lowest BCUT2D eigenvalue weighted by atomic mass is 9.91. The average molecular weight is 296 g/mol. The fourth-order valence-electron chi connectivity index (χ4n) is 2.80. The maximum Gasteiger partial charge on any atom is 0.149 e. The molecule has 1 aromatic carbocycles. The molecule has 0 bridgehead atoms. The summed E-state index contributed by atoms with van der Waals surface area (Å²) in [5.74, 6) is 0.162. The van der Waals surface area contributed by atoms with Gasteiger partial charge < -0.3 is 0 Å². The minimum Gasteiger partial charge on any atom is -0.298 e. The van der Waals surface area contributed by atoms with Gasteiger partial charge in [0.25, 0.3) is 0 Å². The van der Waals surface area contributed by atoms with Gasteiger partial charge in [0.05, 0.1) is 5.75 Å². The molecule has 0 radical (unpaired) electrons. The smallest absolute Gasteiger partial charge is 0.149 e. The van der Waals surface area contributed by atoms with Crippen LogP contribution in [-0.2, 0) is 22.0 Å². The predicted molar refractivity (Wildman–Crippen MR) is 79.5 cm³/mol. The van der Waals surface area contributed by atoms with Crippen LogP contribution in [0.5, 0.6) is 0 Å². The van der Waals surface area contributed by atoms with Crippen molar-refractivity contribution in [2.45, 2.75) is 44.3 Å². The molecular formula is C16H21FO2S. The molecule has 0 aliphatic heterocycles. The molecule has 0 aromatic heterocycles. The fraction of sp³-hybridized carbons (Fsp3) is 0.562. The Morgan fingerprint density at radius 3 is 2.80 bits per heavy atom. The molecule has 0 spiro atoms. The topological polar surface area (TPSA) is 34.1 Å². The number of hydrogen-bond donors (Lipinski definition) is 0. The highest BCUT2D eigenvalue weighted by molar-refractivity contribution is 7.86. The van der Waals surface area contributed by atoms with E-state index in [2.05, 4.69) is 6.92 Å². The van der Waals surface area contributed by atoms with Gasteiger partial charge >= 0.3 is 0 Å². The third-order valence-corrected chi connectivity index (χ3v) is 5.69. The Morgan fingerprint density at radius 2 is 2.10 bits per heavy atom. The first-order chi connectivity index (χ1) is 9.56. The predicted octanol–water partition coefficient (Wildman–Crippen LogP) is 3.26. The van der Waals surface area contributed by atoms with Crippen LogP contribution >= 0.6 is 0 Å². The van der Waals surface area contributed by atoms with Crippen molar-refractivity contribution in [3.8, 4) is 0 Å². The molecule has 0 heterocycles. The summed E-state index contributed by atoms with van der Waals surface area (Å²) >= 11 is 0. The fourth-order valence-corrected chi connectivity index (χ4v) is 4.43. The lowest BCUT2D eigenvalue weighted by Gasteiger charge is -2.25. The molecule has 20 heavy (non-hydrogen) atoms. The van der Waals surface area contributed by atoms with Gasteiger partial charge in [-0.15, -0.1) is 0 Å². The van der Waals surface area contributed by atoms with Gasteiger partial charge in [0.2, 0.25) is 0 Å². The maximum atomic E-state index is 13.5. The zero-order valence-electron chi connectivity index (χ0n) is 11.8. The van der Waals surface area contributed by atoms with Gasteiger partial charge in [0.1, 0.15) is 11.6 Å². The minimum atomic E-state index is -1.11. The molecule has 1 fully saturated rings. The Labute approximate surface area is 122 Å². The SMILES string of the molecule is CC1CCCC(S(=O)CC(=O)Cc2ccccc2F)C1. The van der Waals surface area contributed by atoms with E-state index in [-0.39, 0.29) is 29.0 Å². The van der Waals surface area contributed by atoms with Crippen molar-refractivity contribution >= 4 is 16.6 Å². The zero-order valence-corrected chi connectivity index (χ0v) is 12.6. The van der Waals surface area contributed by atoms with Crippen LogP contribution in [0.2, 0.25) is 0 Å². The van der Waals surface area contributed by atoms with Crippen molar-refractivity contribution in [1.82, 2.24) is 0 Å². The summed E-state index contributed by atoms with van der Waals surface area (Å²) in [5, 5.41) is 0.142. The first kappa shape index (κ1) is 15.4. The Kier molecular flexibility index (Phi) is 5.46. The van der Waals surface area contributed by atoms with E-state index in [4.69, 9.17) is 0 Å². The van der Waals surface area contributed by atoms with E-state index in [1.54, 1.807) is 18.2 Å². The summed E-state index contributed by atoms with van der Waals surface area (Å²) in [5.41, 5.74) is 0.395. The van der Waals surface area contributed by atoms with Crippen LogP contribution in [0.25, 0.3) is 0 Å². The Hall–Kier alpha value is -1.03. The first-order valence-electron chi connectivity index (χ1n) is 7.18. The first-order valence-corrected chi connectivity index (χ1v) is 8.56. The molecule has 1 aliphatic rings. The van der Waals surface area contributed by atoms with Crippen molar-refractivity contribution in [1.29, 1.82) is 0 Å². The van der Waals surface area contributed by atoms with E-state index < -0.39 is 10.8 Å². The van der Waals surface area contributed by atoms with Crippen LogP contribution in [0.3, 0.4) is 0 Å². The van der Waals surface area contributed by atoms with Gasteiger partial charge in [-0.1, -0.05) is 38.0 Å². The van der Waals surface area contributed by atoms with E-state index in [1.165, 1.54) is 12.5 Å². The van der Waals surface area contributed by atoms with E-state index in [0.717, 1.165) is 19.3 Å². The third-order valence-electron chi connectivity index (χ3n) is 3.91. The lowest BCUT2D eigenvalue weighted by molar-refractivity contribution is -0.116. The van der Waals surface area contributed by atoms with E-state index in [1.807, 2.05) is 0 Å². The van der Waals surface area contributed by atoms with E-state index >= 15 is 0 Å². The molecule has 2 nitrogen and oxygen atoms in total. The van der Waals surface area contributed by atoms with E-state index in [0.29, 0.717) is 11.5 Å². The van der Waals surface area contributed by atoms with Crippen LogP contribution in [0.1, 0.15) is 38.2 Å². The van der Waals surface area contributed by atoms with Crippen molar-refractivity contribution in [3.63, 3.8) is 0 Å². The molecule has 1 aliphatic carbocycles. The number of carbonyl (C=O) groups excluding carboxylic acids is 1. The Bertz CT molecular complexity index is 501. The highest BCUT2D eigenvalue weighted by Gasteiger charge is 2.25. The standard InChI is InChI=1S/C16H21FO2S/c1-12-5-4-7-15(9-12)20(19)11-14(18)10-13-6-2-3-8-16(13)17/h2-3,6,8,12,15H,4-5,7,9-11H2,1H3. The summed E-state index contributed by atoms with van der Waals surface area (Å²) in [6.07, 6.45) is 4.22. The molecule has 0 N–H and O–H groups in total. The third kappa shape index (κ3) is 4.23. The molecule has 0 amide bonds. The van der Waals surface area contributed by atoms with Crippen LogP contribution in [0.15, 0.2) is 24.3 Å². The lowest BCUT2D eigenvalue weighted by Crippen LogP contribution is -2.27. The number of ketones is 1. The van der Waals surface area contributed by atoms with Crippen molar-refractivity contribution < 1.29 is 13.4 Å². The summed E-state index contributed by atoms with van der Waals surface area (Å²) in [6, 6.07) is 6.28. The van der Waals surface area contributed by atoms with Crippen LogP contribution in [0, 0.1) is 11.7 Å². The molecule has 110 valence electrons. The summed E-state index contributed by atoms with van der Waals surface area (Å²) in [4.78, 5) is 11.9. The molecule has 3 atom stereocenters. The van der Waals surface area contributed by atoms with E-state index in [9.17, 15) is 13.4 Å². The molecule has 2 rings (SSSR count). The largest absolute Gasteiger partial charge is 0.298 e. The van der Waals surface area contributed by atoms with Crippen LogP contribution in [-0.4, -0.2) is 21.0 Å². The van der Waals surface area contributed by atoms with Crippen LogP contribution in [0.4, 0.5) is 4.39 Å². The highest BCUT2D eigenvalue weighted by Crippen LogP contribution is 2.27. The Balaban J connectivity index is 1.88. The summed E-state index contributed by atoms with van der Waals surface area (Å²) in [7, 11) is -1.11. The van der Waals surface area contributed by atoms with Gasteiger partial charge in [-0.2, -0.15) is 0 Å². The summed E-state index contributed by atoms with van der Waals surface area (Å²) < 4.78 is 25.7. The van der Waals surface area contributed by atoms with Gasteiger partial charge in [-0.3, -0.25) is 9.00 Å². The molecule has 4 heteroatoms. The van der Waals surface area contributed by atoms with Crippen LogP contribution < -0.4 is 0 Å². The van der Waals surface area contributed by atoms with Crippen molar-refractivity contribution in [2.24, 2.45) is 5.92 Å². The molecule has 0 saturated heterocycles. The number of benzene rings is 1.